The third-order valence-corrected chi connectivity index (χ3v) is 5.09. The van der Waals surface area contributed by atoms with Crippen molar-refractivity contribution in [3.8, 4) is 0 Å². The number of benzene rings is 1. The lowest BCUT2D eigenvalue weighted by Crippen LogP contribution is -2.38. The highest BCUT2D eigenvalue weighted by atomic mass is 35.5. The minimum absolute atomic E-state index is 0.00430. The van der Waals surface area contributed by atoms with Gasteiger partial charge < -0.3 is 19.5 Å². The summed E-state index contributed by atoms with van der Waals surface area (Å²) >= 11 is 11.9. The molecule has 0 unspecified atom stereocenters. The Balaban J connectivity index is 2.38. The molecule has 0 saturated heterocycles. The standard InChI is InChI=1S/C21H23Cl2NO6/c1-5-28-19(25)16-11(3)24-12(4)17(20(26)29-6-2)18(16)21(27)30-10-13-7-8-14(22)15(23)9-13/h7-9,18,24H,5-6,10H2,1-4H3. The van der Waals surface area contributed by atoms with Crippen LogP contribution in [0.2, 0.25) is 10.0 Å². The van der Waals surface area contributed by atoms with E-state index in [0.29, 0.717) is 27.0 Å². The zero-order valence-corrected chi connectivity index (χ0v) is 18.6. The van der Waals surface area contributed by atoms with Crippen molar-refractivity contribution in [2.45, 2.75) is 34.3 Å². The molecule has 1 aliphatic rings. The third-order valence-electron chi connectivity index (χ3n) is 4.35. The molecule has 0 bridgehead atoms. The predicted octanol–water partition coefficient (Wildman–Crippen LogP) is 3.93. The Morgan fingerprint density at radius 1 is 0.900 bits per heavy atom. The molecule has 1 N–H and O–H groups in total. The maximum absolute atomic E-state index is 13.1. The van der Waals surface area contributed by atoms with E-state index in [1.807, 2.05) is 0 Å². The second kappa shape index (κ2) is 10.5. The lowest BCUT2D eigenvalue weighted by molar-refractivity contribution is -0.152. The molecule has 1 heterocycles. The van der Waals surface area contributed by atoms with Gasteiger partial charge in [0.1, 0.15) is 12.5 Å². The lowest BCUT2D eigenvalue weighted by Gasteiger charge is -2.28. The van der Waals surface area contributed by atoms with Crippen LogP contribution in [0.4, 0.5) is 0 Å². The second-order valence-corrected chi connectivity index (χ2v) is 7.25. The quantitative estimate of drug-likeness (QED) is 0.491. The number of hydrogen-bond donors (Lipinski definition) is 1. The molecular formula is C21H23Cl2NO6. The van der Waals surface area contributed by atoms with Crippen LogP contribution in [0, 0.1) is 5.92 Å². The Kier molecular flexibility index (Phi) is 8.32. The zero-order chi connectivity index (χ0) is 22.4. The van der Waals surface area contributed by atoms with Crippen molar-refractivity contribution >= 4 is 41.1 Å². The first kappa shape index (κ1) is 23.8. The summed E-state index contributed by atoms with van der Waals surface area (Å²) in [7, 11) is 0. The SMILES string of the molecule is CCOC(=O)C1=C(C)NC(C)=C(C(=O)OCC)C1C(=O)OCc1ccc(Cl)c(Cl)c1. The van der Waals surface area contributed by atoms with Gasteiger partial charge in [-0.1, -0.05) is 29.3 Å². The van der Waals surface area contributed by atoms with Crippen molar-refractivity contribution in [3.05, 3.63) is 56.3 Å². The zero-order valence-electron chi connectivity index (χ0n) is 17.1. The molecule has 0 spiro atoms. The summed E-state index contributed by atoms with van der Waals surface area (Å²) in [6.45, 7) is 6.64. The van der Waals surface area contributed by atoms with E-state index in [2.05, 4.69) is 5.32 Å². The van der Waals surface area contributed by atoms with Crippen molar-refractivity contribution in [2.75, 3.05) is 13.2 Å². The summed E-state index contributed by atoms with van der Waals surface area (Å²) in [4.78, 5) is 38.2. The summed E-state index contributed by atoms with van der Waals surface area (Å²) in [6.07, 6.45) is 0. The molecule has 162 valence electrons. The monoisotopic (exact) mass is 455 g/mol. The first-order valence-corrected chi connectivity index (χ1v) is 10.1. The average Bonchev–Trinajstić information content (AvgIpc) is 2.68. The molecule has 2 rings (SSSR count). The van der Waals surface area contributed by atoms with Crippen LogP contribution in [0.5, 0.6) is 0 Å². The molecule has 0 radical (unpaired) electrons. The van der Waals surface area contributed by atoms with Crippen molar-refractivity contribution in [1.82, 2.24) is 5.32 Å². The van der Waals surface area contributed by atoms with Crippen LogP contribution in [0.15, 0.2) is 40.7 Å². The number of hydrogen-bond acceptors (Lipinski definition) is 7. The maximum atomic E-state index is 13.1. The molecule has 7 nitrogen and oxygen atoms in total. The van der Waals surface area contributed by atoms with Gasteiger partial charge in [-0.05, 0) is 45.4 Å². The van der Waals surface area contributed by atoms with Gasteiger partial charge in [0, 0.05) is 11.4 Å². The third kappa shape index (κ3) is 5.34. The minimum Gasteiger partial charge on any atom is -0.463 e. The minimum atomic E-state index is -1.29. The van der Waals surface area contributed by atoms with E-state index in [4.69, 9.17) is 37.4 Å². The highest BCUT2D eigenvalue weighted by Crippen LogP contribution is 2.33. The van der Waals surface area contributed by atoms with Gasteiger partial charge in [-0.15, -0.1) is 0 Å². The van der Waals surface area contributed by atoms with E-state index in [-0.39, 0.29) is 31.0 Å². The van der Waals surface area contributed by atoms with E-state index in [9.17, 15) is 14.4 Å². The van der Waals surface area contributed by atoms with Crippen LogP contribution in [-0.4, -0.2) is 31.1 Å². The maximum Gasteiger partial charge on any atom is 0.337 e. The molecule has 9 heteroatoms. The summed E-state index contributed by atoms with van der Waals surface area (Å²) < 4.78 is 15.6. The highest BCUT2D eigenvalue weighted by Gasteiger charge is 2.42. The molecular weight excluding hydrogens is 433 g/mol. The van der Waals surface area contributed by atoms with Crippen molar-refractivity contribution < 1.29 is 28.6 Å². The van der Waals surface area contributed by atoms with Gasteiger partial charge in [-0.3, -0.25) is 4.79 Å². The van der Waals surface area contributed by atoms with E-state index < -0.39 is 23.8 Å². The molecule has 0 aliphatic carbocycles. The predicted molar refractivity (Wildman–Crippen MR) is 112 cm³/mol. The lowest BCUT2D eigenvalue weighted by atomic mass is 9.85. The first-order valence-electron chi connectivity index (χ1n) is 9.34. The number of esters is 3. The molecule has 0 saturated carbocycles. The van der Waals surface area contributed by atoms with Crippen LogP contribution in [0.25, 0.3) is 0 Å². The Hall–Kier alpha value is -2.51. The van der Waals surface area contributed by atoms with Crippen LogP contribution < -0.4 is 5.32 Å². The largest absolute Gasteiger partial charge is 0.463 e. The topological polar surface area (TPSA) is 90.9 Å². The van der Waals surface area contributed by atoms with E-state index in [1.54, 1.807) is 45.9 Å². The molecule has 0 aromatic heterocycles. The summed E-state index contributed by atoms with van der Waals surface area (Å²) in [5, 5.41) is 3.64. The van der Waals surface area contributed by atoms with Gasteiger partial charge in [0.05, 0.1) is 34.4 Å². The highest BCUT2D eigenvalue weighted by molar-refractivity contribution is 6.42. The number of nitrogens with one attached hydrogen (secondary N) is 1. The number of halogens is 2. The fourth-order valence-corrected chi connectivity index (χ4v) is 3.38. The average molecular weight is 456 g/mol. The normalized spacial score (nSPS) is 14.3. The fraction of sp³-hybridized carbons (Fsp3) is 0.381. The number of rotatable bonds is 7. The molecule has 1 aromatic rings. The van der Waals surface area contributed by atoms with E-state index in [1.165, 1.54) is 0 Å². The number of carbonyl (C=O) groups is 3. The fourth-order valence-electron chi connectivity index (χ4n) is 3.06. The Morgan fingerprint density at radius 3 is 1.90 bits per heavy atom. The van der Waals surface area contributed by atoms with Gasteiger partial charge >= 0.3 is 17.9 Å². The van der Waals surface area contributed by atoms with Gasteiger partial charge in [-0.2, -0.15) is 0 Å². The molecule has 30 heavy (non-hydrogen) atoms. The summed E-state index contributed by atoms with van der Waals surface area (Å²) in [5.41, 5.74) is 1.41. The molecule has 0 fully saturated rings. The number of dihydropyridines is 1. The van der Waals surface area contributed by atoms with Crippen LogP contribution >= 0.6 is 23.2 Å². The molecule has 0 atom stereocenters. The Bertz CT molecular complexity index is 882. The second-order valence-electron chi connectivity index (χ2n) is 6.43. The van der Waals surface area contributed by atoms with Gasteiger partial charge in [-0.25, -0.2) is 9.59 Å². The van der Waals surface area contributed by atoms with Crippen LogP contribution in [-0.2, 0) is 35.2 Å². The van der Waals surface area contributed by atoms with Crippen LogP contribution in [0.1, 0.15) is 33.3 Å². The molecule has 0 amide bonds. The Labute approximate surface area is 185 Å². The Morgan fingerprint density at radius 2 is 1.43 bits per heavy atom. The summed E-state index contributed by atoms with van der Waals surface area (Å²) in [6, 6.07) is 4.81. The van der Waals surface area contributed by atoms with Crippen molar-refractivity contribution in [2.24, 2.45) is 5.92 Å². The molecule has 1 aliphatic heterocycles. The smallest absolute Gasteiger partial charge is 0.337 e. The molecule has 1 aromatic carbocycles. The van der Waals surface area contributed by atoms with Crippen LogP contribution in [0.3, 0.4) is 0 Å². The van der Waals surface area contributed by atoms with E-state index >= 15 is 0 Å². The van der Waals surface area contributed by atoms with Gasteiger partial charge in [0.2, 0.25) is 0 Å². The number of carbonyl (C=O) groups excluding carboxylic acids is 3. The van der Waals surface area contributed by atoms with Crippen molar-refractivity contribution in [1.29, 1.82) is 0 Å². The van der Waals surface area contributed by atoms with E-state index in [0.717, 1.165) is 0 Å². The van der Waals surface area contributed by atoms with Crippen molar-refractivity contribution in [3.63, 3.8) is 0 Å². The number of allylic oxidation sites excluding steroid dienone is 2. The van der Waals surface area contributed by atoms with Gasteiger partial charge in [0.15, 0.2) is 0 Å². The first-order chi connectivity index (χ1) is 14.2. The van der Waals surface area contributed by atoms with Gasteiger partial charge in [0.25, 0.3) is 0 Å². The summed E-state index contributed by atoms with van der Waals surface area (Å²) in [5.74, 6) is -3.50. The number of ether oxygens (including phenoxy) is 3.